The molecule has 0 saturated heterocycles. The molecule has 0 fully saturated rings. The van der Waals surface area contributed by atoms with Gasteiger partial charge < -0.3 is 23.6 Å². The van der Waals surface area contributed by atoms with Crippen LogP contribution in [0, 0.1) is 10.8 Å². The second kappa shape index (κ2) is 26.2. The molecule has 1 N–H and O–H groups in total. The Kier molecular flexibility index (Phi) is 21.1. The normalized spacial score (nSPS) is 13.9. The zero-order chi connectivity index (χ0) is 56.0. The number of carboxylic acids is 1. The number of imide groups is 2. The van der Waals surface area contributed by atoms with Crippen LogP contribution in [0.4, 0.5) is 8.78 Å². The number of fused-ring (bicyclic) bond motifs is 2. The third-order valence-corrected chi connectivity index (χ3v) is 12.9. The third kappa shape index (κ3) is 16.8. The summed E-state index contributed by atoms with van der Waals surface area (Å²) >= 11 is 0. The number of nitrogens with zero attached hydrogens (tertiary/aromatic N) is 2. The highest BCUT2D eigenvalue weighted by Gasteiger charge is 2.40. The fourth-order valence-electron chi connectivity index (χ4n) is 7.23. The first-order chi connectivity index (χ1) is 35.1. The van der Waals surface area contributed by atoms with Crippen LogP contribution >= 0.6 is 7.60 Å². The standard InChI is InChI=1S/C25H24FNO6.C23H23NO5.C7H14FO4P/c1-25(2,3)12-20(28)15-8-10-17(11-9-15)33-14-16(21(26)24(31)32)13-27-22(29)18-6-4-5-7-19(18)23(27)30;1-23(2,3)12-20(26)15-8-10-17(11-9-15)29-14-16(25)13-24-21(27)18-6-4-5-7-19(18)22(24)28;1-4-11-13(10,12-5-2)7(8)6(3)9/h4-11H,12-14H2,1-3H3,(H,31,32);4-11H,12-14H2,1-3H3;7H,4-5H2,1-3H3/b21-16+;;. The van der Waals surface area contributed by atoms with Crippen molar-refractivity contribution in [3.05, 3.63) is 142 Å². The third-order valence-electron chi connectivity index (χ3n) is 10.7. The lowest BCUT2D eigenvalue weighted by Gasteiger charge is -2.18. The molecule has 6 rings (SSSR count). The monoisotopic (exact) mass is 1060 g/mol. The van der Waals surface area contributed by atoms with Gasteiger partial charge in [0.2, 0.25) is 5.83 Å². The number of aliphatic carboxylic acids is 1. The molecule has 4 aromatic carbocycles. The summed E-state index contributed by atoms with van der Waals surface area (Å²) in [6.45, 7) is 14.4. The van der Waals surface area contributed by atoms with Gasteiger partial charge in [-0.25, -0.2) is 9.18 Å². The number of carboxylic acid groups (broad SMARTS) is 1. The van der Waals surface area contributed by atoms with Crippen LogP contribution in [0.15, 0.2) is 108 Å². The summed E-state index contributed by atoms with van der Waals surface area (Å²) in [5.74, 6) is -8.21. The molecule has 1 unspecified atom stereocenters. The lowest BCUT2D eigenvalue weighted by atomic mass is 9.88. The fourth-order valence-corrected chi connectivity index (χ4v) is 8.74. The summed E-state index contributed by atoms with van der Waals surface area (Å²) in [4.78, 5) is 110. The van der Waals surface area contributed by atoms with Crippen LogP contribution in [0.3, 0.4) is 0 Å². The number of hydrogen-bond donors (Lipinski definition) is 1. The molecule has 20 heteroatoms. The molecule has 400 valence electrons. The van der Waals surface area contributed by atoms with Crippen LogP contribution in [0.1, 0.15) is 137 Å². The minimum Gasteiger partial charge on any atom is -0.489 e. The topological polar surface area (TPSA) is 234 Å². The zero-order valence-electron chi connectivity index (χ0n) is 43.2. The van der Waals surface area contributed by atoms with E-state index in [0.29, 0.717) is 40.8 Å². The van der Waals surface area contributed by atoms with Crippen molar-refractivity contribution in [2.45, 2.75) is 81.1 Å². The van der Waals surface area contributed by atoms with Gasteiger partial charge in [-0.3, -0.25) is 52.7 Å². The minimum atomic E-state index is -3.88. The molecule has 1 atom stereocenters. The number of Topliss-reactive ketones (excluding diaryl/α,β-unsaturated/α-hetero) is 4. The van der Waals surface area contributed by atoms with Gasteiger partial charge in [0.15, 0.2) is 23.1 Å². The summed E-state index contributed by atoms with van der Waals surface area (Å²) in [7, 11) is -3.88. The molecule has 0 bridgehead atoms. The summed E-state index contributed by atoms with van der Waals surface area (Å²) in [6, 6.07) is 25.4. The van der Waals surface area contributed by atoms with Crippen molar-refractivity contribution < 1.29 is 80.1 Å². The van der Waals surface area contributed by atoms with Crippen LogP contribution in [0.2, 0.25) is 0 Å². The van der Waals surface area contributed by atoms with Gasteiger partial charge in [0.25, 0.3) is 29.5 Å². The Hall–Kier alpha value is -7.34. The van der Waals surface area contributed by atoms with E-state index in [1.165, 1.54) is 24.3 Å². The Morgan fingerprint density at radius 3 is 1.25 bits per heavy atom. The van der Waals surface area contributed by atoms with Gasteiger partial charge in [-0.1, -0.05) is 65.8 Å². The van der Waals surface area contributed by atoms with E-state index in [-0.39, 0.29) is 71.2 Å². The van der Waals surface area contributed by atoms with Crippen molar-refractivity contribution in [1.82, 2.24) is 9.80 Å². The average Bonchev–Trinajstić information content (AvgIpc) is 3.73. The smallest absolute Gasteiger partial charge is 0.372 e. The number of alkyl halides is 1. The van der Waals surface area contributed by atoms with Gasteiger partial charge in [0.1, 0.15) is 24.7 Å². The quantitative estimate of drug-likeness (QED) is 0.0354. The molecule has 4 amide bonds. The Balaban J connectivity index is 0.000000265. The number of carbonyl (C=O) groups excluding carboxylic acids is 8. The van der Waals surface area contributed by atoms with Gasteiger partial charge in [0, 0.05) is 29.5 Å². The van der Waals surface area contributed by atoms with Gasteiger partial charge >= 0.3 is 13.6 Å². The number of carbonyl (C=O) groups is 9. The van der Waals surface area contributed by atoms with Gasteiger partial charge in [-0.2, -0.15) is 4.39 Å². The van der Waals surface area contributed by atoms with E-state index in [2.05, 4.69) is 9.05 Å². The summed E-state index contributed by atoms with van der Waals surface area (Å²) in [5.41, 5.74) is 1.42. The van der Waals surface area contributed by atoms with Crippen LogP contribution in [0.5, 0.6) is 11.5 Å². The summed E-state index contributed by atoms with van der Waals surface area (Å²) < 4.78 is 59.2. The van der Waals surface area contributed by atoms with E-state index < -0.39 is 73.7 Å². The number of amides is 4. The number of rotatable bonds is 21. The van der Waals surface area contributed by atoms with E-state index in [0.717, 1.165) is 16.7 Å². The second-order valence-corrected chi connectivity index (χ2v) is 21.6. The molecule has 0 radical (unpaired) electrons. The maximum atomic E-state index is 14.4. The van der Waals surface area contributed by atoms with E-state index >= 15 is 0 Å². The van der Waals surface area contributed by atoms with Crippen molar-refractivity contribution >= 4 is 60.3 Å². The maximum Gasteiger partial charge on any atom is 0.372 e. The largest absolute Gasteiger partial charge is 0.489 e. The van der Waals surface area contributed by atoms with Gasteiger partial charge in [-0.05, 0) is 104 Å². The first-order valence-corrected chi connectivity index (χ1v) is 25.3. The van der Waals surface area contributed by atoms with Crippen molar-refractivity contribution in [2.24, 2.45) is 10.8 Å². The molecule has 4 aromatic rings. The molecule has 17 nitrogen and oxygen atoms in total. The lowest BCUT2D eigenvalue weighted by molar-refractivity contribution is -0.134. The Morgan fingerprint density at radius 2 is 0.933 bits per heavy atom. The lowest BCUT2D eigenvalue weighted by Crippen LogP contribution is -2.36. The van der Waals surface area contributed by atoms with Crippen LogP contribution in [-0.2, 0) is 28.0 Å². The molecule has 2 aliphatic heterocycles. The molecule has 2 heterocycles. The second-order valence-electron chi connectivity index (χ2n) is 19.5. The molecular weight excluding hydrogens is 998 g/mol. The summed E-state index contributed by atoms with van der Waals surface area (Å²) in [6.07, 6.45) is 0.802. The number of halogens is 2. The SMILES string of the molecule is CC(C)(C)CC(=O)c1ccc(OC/C(CN2C(=O)c3ccccc3C2=O)=C(/F)C(=O)O)cc1.CC(C)(C)CC(=O)c1ccc(OCC(=O)CN2C(=O)c3ccccc3C2=O)cc1.CCOP(=O)(OCC)C(F)C(C)=O. The Labute approximate surface area is 433 Å². The highest BCUT2D eigenvalue weighted by Crippen LogP contribution is 2.53. The average molecular weight is 1060 g/mol. The number of ketones is 4. The van der Waals surface area contributed by atoms with Crippen LogP contribution in [-0.4, -0.2) is 113 Å². The first-order valence-electron chi connectivity index (χ1n) is 23.7. The molecule has 0 aliphatic carbocycles. The number of hydrogen-bond acceptors (Lipinski definition) is 14. The molecule has 0 saturated carbocycles. The van der Waals surface area contributed by atoms with Crippen molar-refractivity contribution in [1.29, 1.82) is 0 Å². The van der Waals surface area contributed by atoms with E-state index in [1.807, 2.05) is 41.5 Å². The molecule has 0 spiro atoms. The summed E-state index contributed by atoms with van der Waals surface area (Å²) in [5, 5.41) is 9.10. The Morgan fingerprint density at radius 1 is 0.587 bits per heavy atom. The zero-order valence-corrected chi connectivity index (χ0v) is 44.1. The van der Waals surface area contributed by atoms with Crippen molar-refractivity contribution in [3.63, 3.8) is 0 Å². The number of ether oxygens (including phenoxy) is 2. The van der Waals surface area contributed by atoms with Crippen molar-refractivity contribution in [2.75, 3.05) is 39.5 Å². The van der Waals surface area contributed by atoms with E-state index in [9.17, 15) is 56.5 Å². The minimum absolute atomic E-state index is 0.0304. The first kappa shape index (κ1) is 60.2. The van der Waals surface area contributed by atoms with E-state index in [1.54, 1.807) is 86.6 Å². The molecule has 0 aromatic heterocycles. The highest BCUT2D eigenvalue weighted by molar-refractivity contribution is 7.55. The van der Waals surface area contributed by atoms with Gasteiger partial charge in [-0.15, -0.1) is 0 Å². The van der Waals surface area contributed by atoms with Crippen LogP contribution in [0.25, 0.3) is 0 Å². The molecular formula is C55H61F2N2O15P. The van der Waals surface area contributed by atoms with Gasteiger partial charge in [0.05, 0.1) is 48.6 Å². The fraction of sp³-hybridized carbons (Fsp3) is 0.364. The maximum absolute atomic E-state index is 14.4. The predicted octanol–water partition coefficient (Wildman–Crippen LogP) is 9.98. The van der Waals surface area contributed by atoms with E-state index in [4.69, 9.17) is 14.6 Å². The predicted molar refractivity (Wildman–Crippen MR) is 272 cm³/mol. The molecule has 2 aliphatic rings. The number of benzene rings is 4. The molecule has 75 heavy (non-hydrogen) atoms. The van der Waals surface area contributed by atoms with Crippen molar-refractivity contribution in [3.8, 4) is 11.5 Å². The van der Waals surface area contributed by atoms with Crippen LogP contribution < -0.4 is 9.47 Å². The Bertz CT molecular complexity index is 2810. The highest BCUT2D eigenvalue weighted by atomic mass is 31.2.